The maximum Gasteiger partial charge on any atom is 0.220 e. The monoisotopic (exact) mass is 332 g/mol. The Morgan fingerprint density at radius 2 is 2.04 bits per heavy atom. The van der Waals surface area contributed by atoms with Gasteiger partial charge >= 0.3 is 0 Å². The van der Waals surface area contributed by atoms with Gasteiger partial charge in [-0.15, -0.1) is 0 Å². The van der Waals surface area contributed by atoms with Gasteiger partial charge in [0.05, 0.1) is 11.8 Å². The van der Waals surface area contributed by atoms with Gasteiger partial charge in [0.25, 0.3) is 0 Å². The first kappa shape index (κ1) is 18.4. The summed E-state index contributed by atoms with van der Waals surface area (Å²) >= 11 is 0. The molecule has 0 aliphatic heterocycles. The van der Waals surface area contributed by atoms with E-state index in [0.29, 0.717) is 25.8 Å². The quantitative estimate of drug-likeness (QED) is 0.814. The number of carbonyl (C=O) groups is 1. The number of aromatic nitrogens is 3. The third-order valence-corrected chi connectivity index (χ3v) is 4.42. The van der Waals surface area contributed by atoms with Gasteiger partial charge in [0.1, 0.15) is 0 Å². The van der Waals surface area contributed by atoms with Crippen molar-refractivity contribution in [2.24, 2.45) is 5.92 Å². The molecule has 2 rings (SSSR count). The lowest BCUT2D eigenvalue weighted by Gasteiger charge is -2.15. The highest BCUT2D eigenvalue weighted by Gasteiger charge is 2.13. The Labute approximate surface area is 143 Å². The maximum atomic E-state index is 12.0. The average molecular weight is 332 g/mol. The van der Waals surface area contributed by atoms with Crippen LogP contribution in [-0.4, -0.2) is 38.3 Å². The van der Waals surface area contributed by atoms with Crippen molar-refractivity contribution < 1.29 is 9.90 Å². The normalized spacial score (nSPS) is 12.8. The second-order valence-electron chi connectivity index (χ2n) is 6.77. The van der Waals surface area contributed by atoms with E-state index in [4.69, 9.17) is 0 Å². The maximum absolute atomic E-state index is 12.0. The summed E-state index contributed by atoms with van der Waals surface area (Å²) in [6, 6.07) is 1.95. The Morgan fingerprint density at radius 3 is 2.71 bits per heavy atom. The Morgan fingerprint density at radius 1 is 1.33 bits per heavy atom. The molecule has 2 aromatic rings. The van der Waals surface area contributed by atoms with Gasteiger partial charge in [-0.25, -0.2) is 9.50 Å². The summed E-state index contributed by atoms with van der Waals surface area (Å²) in [6.07, 6.45) is 1.26. The molecule has 0 fully saturated rings. The first-order chi connectivity index (χ1) is 11.3. The summed E-state index contributed by atoms with van der Waals surface area (Å²) in [5.74, 6) is 0.212. The highest BCUT2D eigenvalue weighted by atomic mass is 16.3. The van der Waals surface area contributed by atoms with E-state index in [1.165, 1.54) is 0 Å². The molecule has 2 aromatic heterocycles. The second kappa shape index (κ2) is 7.75. The van der Waals surface area contributed by atoms with E-state index < -0.39 is 0 Å². The standard InChI is InChI=1S/C18H28N4O2/c1-11(2)16(23)8-9-19-18(24)7-6-15-13(4)20-17-10-12(3)21-22(17)14(15)5/h10-11,16,23H,6-9H2,1-5H3,(H,19,24). The van der Waals surface area contributed by atoms with E-state index in [0.717, 1.165) is 28.3 Å². The number of hydrogen-bond acceptors (Lipinski definition) is 4. The largest absolute Gasteiger partial charge is 0.393 e. The fourth-order valence-electron chi connectivity index (χ4n) is 2.82. The molecule has 0 saturated heterocycles. The molecule has 1 unspecified atom stereocenters. The van der Waals surface area contributed by atoms with Crippen molar-refractivity contribution >= 4 is 11.6 Å². The zero-order valence-electron chi connectivity index (χ0n) is 15.3. The molecule has 0 saturated carbocycles. The summed E-state index contributed by atoms with van der Waals surface area (Å²) in [5, 5.41) is 17.1. The molecule has 2 N–H and O–H groups in total. The predicted molar refractivity (Wildman–Crippen MR) is 94.0 cm³/mol. The number of aryl methyl sites for hydroxylation is 3. The minimum Gasteiger partial charge on any atom is -0.393 e. The van der Waals surface area contributed by atoms with Gasteiger partial charge in [-0.3, -0.25) is 4.79 Å². The summed E-state index contributed by atoms with van der Waals surface area (Å²) in [5.41, 5.74) is 4.83. The number of nitrogens with one attached hydrogen (secondary N) is 1. The number of amides is 1. The van der Waals surface area contributed by atoms with E-state index in [9.17, 15) is 9.90 Å². The molecule has 0 aliphatic rings. The van der Waals surface area contributed by atoms with E-state index in [1.807, 2.05) is 45.2 Å². The summed E-state index contributed by atoms with van der Waals surface area (Å²) < 4.78 is 1.84. The summed E-state index contributed by atoms with van der Waals surface area (Å²) in [6.45, 7) is 10.4. The van der Waals surface area contributed by atoms with Gasteiger partial charge < -0.3 is 10.4 Å². The Hall–Kier alpha value is -1.95. The smallest absolute Gasteiger partial charge is 0.220 e. The van der Waals surface area contributed by atoms with Crippen LogP contribution in [0.2, 0.25) is 0 Å². The third-order valence-electron chi connectivity index (χ3n) is 4.42. The Balaban J connectivity index is 1.94. The third kappa shape index (κ3) is 4.32. The first-order valence-electron chi connectivity index (χ1n) is 8.56. The fraction of sp³-hybridized carbons (Fsp3) is 0.611. The van der Waals surface area contributed by atoms with Crippen LogP contribution in [0, 0.1) is 26.7 Å². The van der Waals surface area contributed by atoms with Gasteiger partial charge in [0, 0.05) is 30.4 Å². The topological polar surface area (TPSA) is 79.5 Å². The molecule has 1 atom stereocenters. The van der Waals surface area contributed by atoms with Crippen molar-refractivity contribution in [3.8, 4) is 0 Å². The molecule has 0 radical (unpaired) electrons. The van der Waals surface area contributed by atoms with Gasteiger partial charge in [0.15, 0.2) is 5.65 Å². The van der Waals surface area contributed by atoms with Crippen molar-refractivity contribution in [1.29, 1.82) is 0 Å². The molecule has 0 aromatic carbocycles. The van der Waals surface area contributed by atoms with E-state index in [1.54, 1.807) is 0 Å². The number of rotatable bonds is 7. The van der Waals surface area contributed by atoms with Crippen LogP contribution in [0.15, 0.2) is 6.07 Å². The zero-order chi connectivity index (χ0) is 17.9. The van der Waals surface area contributed by atoms with Crippen molar-refractivity contribution in [3.63, 3.8) is 0 Å². The molecule has 132 valence electrons. The molecular weight excluding hydrogens is 304 g/mol. The Bertz CT molecular complexity index is 721. The molecule has 24 heavy (non-hydrogen) atoms. The lowest BCUT2D eigenvalue weighted by atomic mass is 10.0. The molecule has 2 heterocycles. The van der Waals surface area contributed by atoms with E-state index in [2.05, 4.69) is 15.4 Å². The molecular formula is C18H28N4O2. The molecule has 0 bridgehead atoms. The lowest BCUT2D eigenvalue weighted by Crippen LogP contribution is -2.29. The van der Waals surface area contributed by atoms with Gasteiger partial charge in [-0.05, 0) is 45.1 Å². The molecule has 6 nitrogen and oxygen atoms in total. The van der Waals surface area contributed by atoms with Crippen LogP contribution < -0.4 is 5.32 Å². The molecule has 1 amide bonds. The van der Waals surface area contributed by atoms with Gasteiger partial charge in [0.2, 0.25) is 5.91 Å². The lowest BCUT2D eigenvalue weighted by molar-refractivity contribution is -0.121. The van der Waals surface area contributed by atoms with Crippen LogP contribution in [0.5, 0.6) is 0 Å². The number of fused-ring (bicyclic) bond motifs is 1. The minimum atomic E-state index is -0.371. The van der Waals surface area contributed by atoms with Crippen molar-refractivity contribution in [1.82, 2.24) is 19.9 Å². The van der Waals surface area contributed by atoms with Crippen LogP contribution in [0.3, 0.4) is 0 Å². The molecule has 0 aliphatic carbocycles. The number of aliphatic hydroxyl groups is 1. The predicted octanol–water partition coefficient (Wildman–Crippen LogP) is 2.11. The number of carbonyl (C=O) groups excluding carboxylic acids is 1. The SMILES string of the molecule is Cc1cc2nc(C)c(CCC(=O)NCCC(O)C(C)C)c(C)n2n1. The minimum absolute atomic E-state index is 0.00139. The molecule has 0 spiro atoms. The number of hydrogen-bond donors (Lipinski definition) is 2. The van der Waals surface area contributed by atoms with Gasteiger partial charge in [-0.1, -0.05) is 13.8 Å². The first-order valence-corrected chi connectivity index (χ1v) is 8.56. The van der Waals surface area contributed by atoms with Crippen LogP contribution in [0.1, 0.15) is 49.3 Å². The van der Waals surface area contributed by atoms with Crippen molar-refractivity contribution in [2.45, 2.75) is 60.0 Å². The zero-order valence-corrected chi connectivity index (χ0v) is 15.3. The van der Waals surface area contributed by atoms with Crippen LogP contribution in [-0.2, 0) is 11.2 Å². The van der Waals surface area contributed by atoms with Crippen LogP contribution in [0.4, 0.5) is 0 Å². The fourth-order valence-corrected chi connectivity index (χ4v) is 2.82. The van der Waals surface area contributed by atoms with Crippen LogP contribution >= 0.6 is 0 Å². The Kier molecular flexibility index (Phi) is 5.94. The number of nitrogens with zero attached hydrogens (tertiary/aromatic N) is 3. The highest BCUT2D eigenvalue weighted by Crippen LogP contribution is 2.17. The van der Waals surface area contributed by atoms with Gasteiger partial charge in [-0.2, -0.15) is 5.10 Å². The summed E-state index contributed by atoms with van der Waals surface area (Å²) in [7, 11) is 0. The van der Waals surface area contributed by atoms with Crippen LogP contribution in [0.25, 0.3) is 5.65 Å². The molecule has 6 heteroatoms. The van der Waals surface area contributed by atoms with Crippen molar-refractivity contribution in [2.75, 3.05) is 6.54 Å². The van der Waals surface area contributed by atoms with Crippen molar-refractivity contribution in [3.05, 3.63) is 28.7 Å². The number of aliphatic hydroxyl groups excluding tert-OH is 1. The van der Waals surface area contributed by atoms with E-state index in [-0.39, 0.29) is 17.9 Å². The average Bonchev–Trinajstić information content (AvgIpc) is 2.87. The highest BCUT2D eigenvalue weighted by molar-refractivity contribution is 5.76. The summed E-state index contributed by atoms with van der Waals surface area (Å²) in [4.78, 5) is 16.6. The second-order valence-corrected chi connectivity index (χ2v) is 6.77. The van der Waals surface area contributed by atoms with E-state index >= 15 is 0 Å².